The van der Waals surface area contributed by atoms with Crippen molar-refractivity contribution in [1.82, 2.24) is 18.0 Å². The molecule has 36 heavy (non-hydrogen) atoms. The van der Waals surface area contributed by atoms with Crippen molar-refractivity contribution in [3.63, 3.8) is 0 Å². The minimum Gasteiger partial charge on any atom is -0.506 e. The molecular formula is C26H31ClN4O4S. The van der Waals surface area contributed by atoms with Gasteiger partial charge in [0, 0.05) is 38.3 Å². The summed E-state index contributed by atoms with van der Waals surface area (Å²) in [4.78, 5) is 28.3. The maximum atomic E-state index is 13.2. The van der Waals surface area contributed by atoms with Gasteiger partial charge in [-0.05, 0) is 50.8 Å². The number of phenols is 2. The lowest BCUT2D eigenvalue weighted by molar-refractivity contribution is 0.183. The maximum Gasteiger partial charge on any atom is 0.329 e. The van der Waals surface area contributed by atoms with Crippen molar-refractivity contribution in [2.45, 2.75) is 58.2 Å². The van der Waals surface area contributed by atoms with Crippen molar-refractivity contribution in [3.8, 4) is 11.5 Å². The summed E-state index contributed by atoms with van der Waals surface area (Å²) in [5.41, 5.74) is 1.88. The summed E-state index contributed by atoms with van der Waals surface area (Å²) in [6, 6.07) is 9.73. The van der Waals surface area contributed by atoms with Gasteiger partial charge in [0.2, 0.25) is 0 Å². The van der Waals surface area contributed by atoms with Gasteiger partial charge < -0.3 is 15.1 Å². The third kappa shape index (κ3) is 4.44. The lowest BCUT2D eigenvalue weighted by Crippen LogP contribution is -2.38. The second kappa shape index (κ2) is 10.3. The number of aryl methyl sites for hydroxylation is 2. The number of unbranched alkanes of at least 4 members (excludes halogenated alkanes) is 1. The van der Waals surface area contributed by atoms with Crippen LogP contribution in [0.1, 0.15) is 45.1 Å². The van der Waals surface area contributed by atoms with Crippen LogP contribution in [0.5, 0.6) is 11.5 Å². The van der Waals surface area contributed by atoms with Gasteiger partial charge >= 0.3 is 5.69 Å². The van der Waals surface area contributed by atoms with E-state index in [1.807, 2.05) is 27.3 Å². The minimum atomic E-state index is -0.355. The van der Waals surface area contributed by atoms with E-state index in [0.717, 1.165) is 69.3 Å². The number of aromatic nitrogens is 3. The first-order chi connectivity index (χ1) is 17.4. The molecule has 10 heteroatoms. The van der Waals surface area contributed by atoms with Gasteiger partial charge in [-0.25, -0.2) is 4.79 Å². The number of piperidine rings is 1. The molecule has 0 amide bonds. The van der Waals surface area contributed by atoms with Gasteiger partial charge in [-0.3, -0.25) is 17.9 Å². The number of fused-ring (bicyclic) bond motifs is 2. The molecule has 1 saturated heterocycles. The van der Waals surface area contributed by atoms with E-state index in [9.17, 15) is 19.8 Å². The van der Waals surface area contributed by atoms with Gasteiger partial charge in [0.1, 0.15) is 16.2 Å². The molecule has 1 aliphatic rings. The van der Waals surface area contributed by atoms with Gasteiger partial charge in [0.25, 0.3) is 5.56 Å². The molecule has 1 fully saturated rings. The maximum absolute atomic E-state index is 13.2. The monoisotopic (exact) mass is 530 g/mol. The first-order valence-electron chi connectivity index (χ1n) is 12.6. The molecule has 8 nitrogen and oxygen atoms in total. The fourth-order valence-electron chi connectivity index (χ4n) is 5.33. The highest BCUT2D eigenvalue weighted by Gasteiger charge is 2.25. The Morgan fingerprint density at radius 2 is 1.72 bits per heavy atom. The Balaban J connectivity index is 1.18. The standard InChI is InChI=1S/C26H31ClN4O4S/c1-2-11-29-18-7-3-4-8-19(18)31(26(29)35)17-9-14-28(15-10-17)12-5-6-13-30-25(34)22-21(36-30)16-20(32)23(27)24(22)33/h3-4,7-8,16-17,32-33H,2,5-6,9-15H2,1H3. The summed E-state index contributed by atoms with van der Waals surface area (Å²) in [5, 5.41) is 20.0. The smallest absolute Gasteiger partial charge is 0.329 e. The summed E-state index contributed by atoms with van der Waals surface area (Å²) < 4.78 is 6.06. The molecule has 0 bridgehead atoms. The second-order valence-electron chi connectivity index (χ2n) is 9.50. The molecule has 1 aliphatic heterocycles. The average Bonchev–Trinajstić information content (AvgIpc) is 3.34. The fraction of sp³-hybridized carbons (Fsp3) is 0.462. The molecule has 0 saturated carbocycles. The molecule has 0 unspecified atom stereocenters. The van der Waals surface area contributed by atoms with Crippen LogP contribution in [0, 0.1) is 0 Å². The number of imidazole rings is 1. The number of para-hydroxylation sites is 2. The lowest BCUT2D eigenvalue weighted by atomic mass is 10.0. The molecule has 2 aromatic carbocycles. The van der Waals surface area contributed by atoms with Crippen molar-refractivity contribution in [3.05, 3.63) is 56.2 Å². The summed E-state index contributed by atoms with van der Waals surface area (Å²) in [6.07, 6.45) is 4.59. The highest BCUT2D eigenvalue weighted by Crippen LogP contribution is 2.39. The molecule has 2 N–H and O–H groups in total. The van der Waals surface area contributed by atoms with E-state index in [-0.39, 0.29) is 39.2 Å². The molecule has 0 radical (unpaired) electrons. The summed E-state index contributed by atoms with van der Waals surface area (Å²) >= 11 is 7.11. The van der Waals surface area contributed by atoms with Crippen molar-refractivity contribution in [1.29, 1.82) is 0 Å². The first-order valence-corrected chi connectivity index (χ1v) is 13.7. The van der Waals surface area contributed by atoms with Gasteiger partial charge in [-0.2, -0.15) is 0 Å². The van der Waals surface area contributed by atoms with Crippen LogP contribution >= 0.6 is 23.1 Å². The molecule has 2 aromatic heterocycles. The lowest BCUT2D eigenvalue weighted by Gasteiger charge is -2.32. The Bertz CT molecular complexity index is 1510. The second-order valence-corrected chi connectivity index (χ2v) is 10.9. The number of hydrogen-bond acceptors (Lipinski definition) is 6. The van der Waals surface area contributed by atoms with Crippen molar-refractivity contribution in [2.24, 2.45) is 0 Å². The third-order valence-corrected chi connectivity index (χ3v) is 8.62. The van der Waals surface area contributed by atoms with Crippen LogP contribution in [0.15, 0.2) is 39.9 Å². The SMILES string of the molecule is CCCn1c(=O)n(C2CCN(CCCCn3sc4cc(O)c(Cl)c(O)c4c3=O)CC2)c2ccccc21. The largest absolute Gasteiger partial charge is 0.506 e. The number of likely N-dealkylation sites (tertiary alicyclic amines) is 1. The molecule has 0 atom stereocenters. The Hall–Kier alpha value is -2.75. The van der Waals surface area contributed by atoms with E-state index in [1.165, 1.54) is 17.6 Å². The van der Waals surface area contributed by atoms with Gasteiger partial charge in [0.05, 0.1) is 15.7 Å². The number of aromatic hydroxyl groups is 2. The number of hydrogen-bond donors (Lipinski definition) is 2. The van der Waals surface area contributed by atoms with Crippen LogP contribution in [-0.2, 0) is 13.1 Å². The predicted molar refractivity (Wildman–Crippen MR) is 145 cm³/mol. The number of nitrogens with zero attached hydrogens (tertiary/aromatic N) is 4. The number of phenolic OH excluding ortho intramolecular Hbond substituents is 2. The Morgan fingerprint density at radius 3 is 2.44 bits per heavy atom. The van der Waals surface area contributed by atoms with E-state index < -0.39 is 0 Å². The van der Waals surface area contributed by atoms with Gasteiger partial charge in [-0.1, -0.05) is 42.2 Å². The molecule has 192 valence electrons. The number of rotatable bonds is 8. The zero-order chi connectivity index (χ0) is 25.4. The number of halogens is 1. The van der Waals surface area contributed by atoms with Crippen LogP contribution in [0.3, 0.4) is 0 Å². The molecule has 0 aliphatic carbocycles. The minimum absolute atomic E-state index is 0.103. The molecule has 4 aromatic rings. The summed E-state index contributed by atoms with van der Waals surface area (Å²) in [5.74, 6) is -0.581. The van der Waals surface area contributed by atoms with Crippen LogP contribution in [0.25, 0.3) is 21.1 Å². The van der Waals surface area contributed by atoms with E-state index in [1.54, 1.807) is 3.96 Å². The zero-order valence-electron chi connectivity index (χ0n) is 20.3. The van der Waals surface area contributed by atoms with E-state index in [0.29, 0.717) is 11.2 Å². The third-order valence-electron chi connectivity index (χ3n) is 7.16. The highest BCUT2D eigenvalue weighted by atomic mass is 35.5. The van der Waals surface area contributed by atoms with E-state index in [2.05, 4.69) is 17.9 Å². The van der Waals surface area contributed by atoms with E-state index >= 15 is 0 Å². The molecule has 5 rings (SSSR count). The Kier molecular flexibility index (Phi) is 7.14. The quantitative estimate of drug-likeness (QED) is 0.320. The van der Waals surface area contributed by atoms with Crippen LogP contribution in [0.4, 0.5) is 0 Å². The average molecular weight is 531 g/mol. The molecule has 3 heterocycles. The van der Waals surface area contributed by atoms with Crippen molar-refractivity contribution < 1.29 is 10.2 Å². The topological polar surface area (TPSA) is 92.6 Å². The van der Waals surface area contributed by atoms with E-state index in [4.69, 9.17) is 11.6 Å². The van der Waals surface area contributed by atoms with Gasteiger partial charge in [-0.15, -0.1) is 0 Å². The Morgan fingerprint density at radius 1 is 1.03 bits per heavy atom. The predicted octanol–water partition coefficient (Wildman–Crippen LogP) is 4.77. The summed E-state index contributed by atoms with van der Waals surface area (Å²) in [6.45, 7) is 6.22. The first kappa shape index (κ1) is 24.9. The van der Waals surface area contributed by atoms with Crippen molar-refractivity contribution in [2.75, 3.05) is 19.6 Å². The van der Waals surface area contributed by atoms with Gasteiger partial charge in [0.15, 0.2) is 5.75 Å². The fourth-order valence-corrected chi connectivity index (χ4v) is 6.56. The molecule has 0 spiro atoms. The normalized spacial score (nSPS) is 15.4. The molecular weight excluding hydrogens is 500 g/mol. The highest BCUT2D eigenvalue weighted by molar-refractivity contribution is 7.14. The van der Waals surface area contributed by atoms with Crippen LogP contribution in [-0.4, -0.2) is 47.8 Å². The zero-order valence-corrected chi connectivity index (χ0v) is 21.9. The van der Waals surface area contributed by atoms with Crippen molar-refractivity contribution >= 4 is 44.3 Å². The number of benzene rings is 2. The summed E-state index contributed by atoms with van der Waals surface area (Å²) in [7, 11) is 0. The van der Waals surface area contributed by atoms with Crippen LogP contribution in [0.2, 0.25) is 5.02 Å². The Labute approximate surface area is 217 Å². The van der Waals surface area contributed by atoms with Crippen LogP contribution < -0.4 is 11.2 Å².